The number of rotatable bonds is 2. The topological polar surface area (TPSA) is 93.9 Å². The van der Waals surface area contributed by atoms with Gasteiger partial charge in [-0.1, -0.05) is 11.8 Å². The number of hydrogen-bond acceptors (Lipinski definition) is 5. The molecule has 2 atom stereocenters. The van der Waals surface area contributed by atoms with Gasteiger partial charge in [-0.05, 0) is 13.8 Å². The quantitative estimate of drug-likeness (QED) is 0.298. The Morgan fingerprint density at radius 1 is 1.50 bits per heavy atom. The van der Waals surface area contributed by atoms with Crippen molar-refractivity contribution < 1.29 is 9.53 Å². The van der Waals surface area contributed by atoms with Gasteiger partial charge in [0, 0.05) is 13.1 Å². The Morgan fingerprint density at radius 3 is 2.56 bits per heavy atom. The summed E-state index contributed by atoms with van der Waals surface area (Å²) in [6, 6.07) is 0. The van der Waals surface area contributed by atoms with Crippen LogP contribution in [0.15, 0.2) is 5.10 Å². The summed E-state index contributed by atoms with van der Waals surface area (Å²) in [5, 5.41) is 3.52. The molecule has 0 aromatic carbocycles. The van der Waals surface area contributed by atoms with Crippen molar-refractivity contribution in [3.63, 3.8) is 0 Å². The first-order valence-corrected chi connectivity index (χ1v) is 6.11. The zero-order chi connectivity index (χ0) is 12.1. The second-order valence-corrected chi connectivity index (χ2v) is 4.81. The van der Waals surface area contributed by atoms with Crippen molar-refractivity contribution in [2.75, 3.05) is 18.8 Å². The van der Waals surface area contributed by atoms with Crippen molar-refractivity contribution >= 4 is 22.8 Å². The van der Waals surface area contributed by atoms with Crippen LogP contribution in [0.25, 0.3) is 0 Å². The van der Waals surface area contributed by atoms with E-state index in [-0.39, 0.29) is 29.0 Å². The highest BCUT2D eigenvalue weighted by Crippen LogP contribution is 2.12. The summed E-state index contributed by atoms with van der Waals surface area (Å²) in [5.41, 5.74) is 5.40. The third-order valence-corrected chi connectivity index (χ3v) is 3.04. The first-order valence-electron chi connectivity index (χ1n) is 5.12. The molecule has 7 heteroatoms. The van der Waals surface area contributed by atoms with Gasteiger partial charge in [-0.3, -0.25) is 4.79 Å². The molecule has 2 unspecified atom stereocenters. The maximum absolute atomic E-state index is 11.8. The number of morpholine rings is 1. The average Bonchev–Trinajstić information content (AvgIpc) is 2.23. The summed E-state index contributed by atoms with van der Waals surface area (Å²) in [5.74, 6) is 5.29. The molecule has 1 fully saturated rings. The van der Waals surface area contributed by atoms with Crippen LogP contribution >= 0.6 is 11.8 Å². The number of amidine groups is 1. The minimum atomic E-state index is 0.0404. The first kappa shape index (κ1) is 13.1. The Balaban J connectivity index is 2.41. The second-order valence-electron chi connectivity index (χ2n) is 3.81. The molecule has 1 amide bonds. The van der Waals surface area contributed by atoms with E-state index in [1.165, 1.54) is 0 Å². The van der Waals surface area contributed by atoms with Gasteiger partial charge >= 0.3 is 0 Å². The van der Waals surface area contributed by atoms with Gasteiger partial charge < -0.3 is 21.2 Å². The van der Waals surface area contributed by atoms with E-state index in [1.54, 1.807) is 4.90 Å². The highest BCUT2D eigenvalue weighted by molar-refractivity contribution is 8.14. The van der Waals surface area contributed by atoms with Crippen molar-refractivity contribution in [1.29, 1.82) is 0 Å². The van der Waals surface area contributed by atoms with Crippen LogP contribution in [-0.2, 0) is 9.53 Å². The van der Waals surface area contributed by atoms with Crippen LogP contribution in [0.5, 0.6) is 0 Å². The van der Waals surface area contributed by atoms with Gasteiger partial charge in [-0.15, -0.1) is 0 Å². The molecule has 92 valence electrons. The lowest BCUT2D eigenvalue weighted by atomic mass is 10.2. The van der Waals surface area contributed by atoms with Crippen molar-refractivity contribution in [2.45, 2.75) is 26.1 Å². The summed E-state index contributed by atoms with van der Waals surface area (Å²) in [6.07, 6.45) is 0.163. The Bertz CT molecular complexity index is 275. The van der Waals surface area contributed by atoms with Crippen LogP contribution < -0.4 is 11.6 Å². The summed E-state index contributed by atoms with van der Waals surface area (Å²) in [4.78, 5) is 13.6. The molecule has 1 saturated heterocycles. The van der Waals surface area contributed by atoms with Crippen molar-refractivity contribution in [3.8, 4) is 0 Å². The summed E-state index contributed by atoms with van der Waals surface area (Å²) < 4.78 is 5.54. The minimum absolute atomic E-state index is 0.0404. The van der Waals surface area contributed by atoms with Gasteiger partial charge in [-0.25, -0.2) is 0 Å². The predicted molar refractivity (Wildman–Crippen MR) is 64.9 cm³/mol. The molecule has 0 radical (unpaired) electrons. The third kappa shape index (κ3) is 3.90. The Labute approximate surface area is 99.4 Å². The number of carbonyl (C=O) groups excluding carboxylic acids is 1. The number of amides is 1. The normalized spacial score (nSPS) is 26.9. The minimum Gasteiger partial charge on any atom is -0.377 e. The Hall–Kier alpha value is -0.950. The molecular formula is C9H18N4O2S. The molecule has 4 N–H and O–H groups in total. The third-order valence-electron chi connectivity index (χ3n) is 2.24. The molecule has 6 nitrogen and oxygen atoms in total. The smallest absolute Gasteiger partial charge is 0.233 e. The number of carbonyl (C=O) groups is 1. The van der Waals surface area contributed by atoms with Gasteiger partial charge in [0.25, 0.3) is 0 Å². The lowest BCUT2D eigenvalue weighted by Crippen LogP contribution is -2.48. The molecule has 1 heterocycles. The number of nitrogens with two attached hydrogens (primary N) is 2. The molecule has 1 aliphatic rings. The second kappa shape index (κ2) is 5.95. The monoisotopic (exact) mass is 246 g/mol. The number of hydrazone groups is 1. The molecule has 0 aromatic rings. The molecule has 1 aliphatic heterocycles. The largest absolute Gasteiger partial charge is 0.377 e. The van der Waals surface area contributed by atoms with E-state index in [2.05, 4.69) is 5.10 Å². The standard InChI is InChI=1S/C9H18N4O2S/c1-6-3-13(4-7(2)15-6)8(14)5-16-9(10)12-11/h6-7H,3-5,11H2,1-2H3,(H2,10,12). The zero-order valence-corrected chi connectivity index (χ0v) is 10.4. The number of thioether (sulfide) groups is 1. The molecule has 0 saturated carbocycles. The van der Waals surface area contributed by atoms with Gasteiger partial charge in [0.05, 0.1) is 18.0 Å². The van der Waals surface area contributed by atoms with E-state index in [4.69, 9.17) is 16.3 Å². The van der Waals surface area contributed by atoms with Crippen molar-refractivity contribution in [3.05, 3.63) is 0 Å². The maximum atomic E-state index is 11.8. The molecule has 1 rings (SSSR count). The molecular weight excluding hydrogens is 228 g/mol. The van der Waals surface area contributed by atoms with E-state index in [9.17, 15) is 4.79 Å². The average molecular weight is 246 g/mol. The molecule has 0 aromatic heterocycles. The van der Waals surface area contributed by atoms with Gasteiger partial charge in [0.2, 0.25) is 5.91 Å². The first-order chi connectivity index (χ1) is 7.52. The summed E-state index contributed by atoms with van der Waals surface area (Å²) in [6.45, 7) is 5.17. The van der Waals surface area contributed by atoms with Crippen LogP contribution in [0.4, 0.5) is 0 Å². The Morgan fingerprint density at radius 2 is 2.06 bits per heavy atom. The summed E-state index contributed by atoms with van der Waals surface area (Å²) >= 11 is 1.15. The van der Waals surface area contributed by atoms with E-state index in [0.29, 0.717) is 13.1 Å². The molecule has 0 spiro atoms. The van der Waals surface area contributed by atoms with Gasteiger partial charge in [0.15, 0.2) is 5.17 Å². The van der Waals surface area contributed by atoms with E-state index in [0.717, 1.165) is 11.8 Å². The zero-order valence-electron chi connectivity index (χ0n) is 9.55. The van der Waals surface area contributed by atoms with Crippen molar-refractivity contribution in [1.82, 2.24) is 4.90 Å². The predicted octanol–water partition coefficient (Wildman–Crippen LogP) is -0.456. The fourth-order valence-electron chi connectivity index (χ4n) is 1.65. The maximum Gasteiger partial charge on any atom is 0.233 e. The highest BCUT2D eigenvalue weighted by Gasteiger charge is 2.25. The van der Waals surface area contributed by atoms with Gasteiger partial charge in [0.1, 0.15) is 0 Å². The Kier molecular flexibility index (Phi) is 4.88. The van der Waals surface area contributed by atoms with Crippen LogP contribution in [0.2, 0.25) is 0 Å². The lowest BCUT2D eigenvalue weighted by Gasteiger charge is -2.35. The lowest BCUT2D eigenvalue weighted by molar-refractivity contribution is -0.140. The molecule has 16 heavy (non-hydrogen) atoms. The fourth-order valence-corrected chi connectivity index (χ4v) is 2.17. The van der Waals surface area contributed by atoms with Crippen LogP contribution in [0.3, 0.4) is 0 Å². The van der Waals surface area contributed by atoms with Crippen LogP contribution in [0, 0.1) is 0 Å². The van der Waals surface area contributed by atoms with Crippen molar-refractivity contribution in [2.24, 2.45) is 16.7 Å². The molecule has 0 bridgehead atoms. The molecule has 0 aliphatic carbocycles. The van der Waals surface area contributed by atoms with Crippen LogP contribution in [-0.4, -0.2) is 47.0 Å². The SMILES string of the molecule is CC1CN(C(=O)CSC(N)=NN)CC(C)O1. The van der Waals surface area contributed by atoms with E-state index < -0.39 is 0 Å². The fraction of sp³-hybridized carbons (Fsp3) is 0.778. The number of ether oxygens (including phenoxy) is 1. The summed E-state index contributed by atoms with van der Waals surface area (Å²) in [7, 11) is 0. The highest BCUT2D eigenvalue weighted by atomic mass is 32.2. The van der Waals surface area contributed by atoms with E-state index in [1.807, 2.05) is 13.8 Å². The van der Waals surface area contributed by atoms with Gasteiger partial charge in [-0.2, -0.15) is 5.10 Å². The van der Waals surface area contributed by atoms with E-state index >= 15 is 0 Å². The van der Waals surface area contributed by atoms with Crippen LogP contribution in [0.1, 0.15) is 13.8 Å². The number of nitrogens with zero attached hydrogens (tertiary/aromatic N) is 2. The number of hydrogen-bond donors (Lipinski definition) is 2.